The first-order chi connectivity index (χ1) is 10.6. The third-order valence-electron chi connectivity index (χ3n) is 4.09. The minimum absolute atomic E-state index is 0.0193. The van der Waals surface area contributed by atoms with Crippen LogP contribution < -0.4 is 11.1 Å². The van der Waals surface area contributed by atoms with E-state index in [0.29, 0.717) is 0 Å². The summed E-state index contributed by atoms with van der Waals surface area (Å²) in [5.74, 6) is 0.883. The molecule has 3 N–H and O–H groups in total. The van der Waals surface area contributed by atoms with Crippen LogP contribution in [0.15, 0.2) is 60.8 Å². The summed E-state index contributed by atoms with van der Waals surface area (Å²) in [6.45, 7) is 5.27. The van der Waals surface area contributed by atoms with Gasteiger partial charge >= 0.3 is 0 Å². The van der Waals surface area contributed by atoms with Crippen molar-refractivity contribution >= 4 is 22.3 Å². The molecule has 2 aromatic carbocycles. The van der Waals surface area contributed by atoms with E-state index in [-0.39, 0.29) is 5.41 Å². The predicted octanol–water partition coefficient (Wildman–Crippen LogP) is 4.21. The molecule has 0 aliphatic heterocycles. The Morgan fingerprint density at radius 1 is 0.955 bits per heavy atom. The van der Waals surface area contributed by atoms with Gasteiger partial charge in [-0.15, -0.1) is 0 Å². The molecule has 3 nitrogen and oxygen atoms in total. The van der Waals surface area contributed by atoms with Crippen LogP contribution in [0.2, 0.25) is 0 Å². The van der Waals surface area contributed by atoms with E-state index in [1.807, 2.05) is 24.3 Å². The van der Waals surface area contributed by atoms with E-state index in [9.17, 15) is 0 Å². The highest BCUT2D eigenvalue weighted by Gasteiger charge is 2.20. The van der Waals surface area contributed by atoms with Gasteiger partial charge in [-0.25, -0.2) is 4.98 Å². The van der Waals surface area contributed by atoms with Crippen molar-refractivity contribution in [3.05, 3.63) is 66.4 Å². The van der Waals surface area contributed by atoms with Crippen molar-refractivity contribution in [3.63, 3.8) is 0 Å². The Balaban J connectivity index is 1.87. The maximum atomic E-state index is 6.04. The molecule has 0 spiro atoms. The van der Waals surface area contributed by atoms with Gasteiger partial charge in [0.1, 0.15) is 5.82 Å². The summed E-state index contributed by atoms with van der Waals surface area (Å²) in [4.78, 5) is 4.48. The Morgan fingerprint density at radius 3 is 2.50 bits per heavy atom. The lowest BCUT2D eigenvalue weighted by Gasteiger charge is -2.26. The van der Waals surface area contributed by atoms with Crippen LogP contribution in [-0.4, -0.2) is 11.5 Å². The lowest BCUT2D eigenvalue weighted by Crippen LogP contribution is -2.27. The lowest BCUT2D eigenvalue weighted by atomic mass is 9.84. The number of benzene rings is 2. The molecule has 0 aliphatic rings. The molecule has 0 radical (unpaired) electrons. The maximum Gasteiger partial charge on any atom is 0.133 e. The Morgan fingerprint density at radius 2 is 1.73 bits per heavy atom. The summed E-state index contributed by atoms with van der Waals surface area (Å²) in [6, 6.07) is 18.4. The first-order valence-corrected chi connectivity index (χ1v) is 7.50. The van der Waals surface area contributed by atoms with Crippen molar-refractivity contribution in [2.24, 2.45) is 0 Å². The molecule has 22 heavy (non-hydrogen) atoms. The lowest BCUT2D eigenvalue weighted by molar-refractivity contribution is 0.556. The minimum atomic E-state index is 0.0193. The molecular weight excluding hydrogens is 270 g/mol. The zero-order valence-corrected chi connectivity index (χ0v) is 13.0. The summed E-state index contributed by atoms with van der Waals surface area (Å²) in [6.07, 6.45) is 1.80. The van der Waals surface area contributed by atoms with E-state index in [2.05, 4.69) is 54.5 Å². The van der Waals surface area contributed by atoms with Gasteiger partial charge in [0.2, 0.25) is 0 Å². The van der Waals surface area contributed by atoms with Crippen molar-refractivity contribution < 1.29 is 0 Å². The molecule has 0 aliphatic carbocycles. The molecule has 3 rings (SSSR count). The van der Waals surface area contributed by atoms with Crippen LogP contribution in [0, 0.1) is 0 Å². The Hall–Kier alpha value is -2.55. The highest BCUT2D eigenvalue weighted by Crippen LogP contribution is 2.28. The monoisotopic (exact) mass is 291 g/mol. The summed E-state index contributed by atoms with van der Waals surface area (Å²) < 4.78 is 0. The number of nitrogens with two attached hydrogens (primary N) is 1. The molecule has 3 aromatic rings. The second-order valence-corrected chi connectivity index (χ2v) is 6.21. The van der Waals surface area contributed by atoms with E-state index in [1.165, 1.54) is 5.56 Å². The van der Waals surface area contributed by atoms with E-state index >= 15 is 0 Å². The van der Waals surface area contributed by atoms with Crippen molar-refractivity contribution in [3.8, 4) is 0 Å². The molecule has 112 valence electrons. The fourth-order valence-corrected chi connectivity index (χ4v) is 2.67. The molecule has 1 heterocycles. The van der Waals surface area contributed by atoms with Crippen LogP contribution in [0.1, 0.15) is 19.4 Å². The van der Waals surface area contributed by atoms with Crippen molar-refractivity contribution in [2.45, 2.75) is 19.3 Å². The SMILES string of the molecule is CC(C)(CNc1nccc2c(N)cccc12)c1ccccc1. The molecule has 0 bridgehead atoms. The number of fused-ring (bicyclic) bond motifs is 1. The average Bonchev–Trinajstić information content (AvgIpc) is 2.54. The number of pyridine rings is 1. The van der Waals surface area contributed by atoms with Gasteiger partial charge in [0.15, 0.2) is 0 Å². The van der Waals surface area contributed by atoms with Crippen LogP contribution in [0.5, 0.6) is 0 Å². The Bertz CT molecular complexity index is 779. The van der Waals surface area contributed by atoms with Crippen LogP contribution in [-0.2, 0) is 5.41 Å². The zero-order chi connectivity index (χ0) is 15.6. The topological polar surface area (TPSA) is 50.9 Å². The molecule has 0 atom stereocenters. The molecule has 0 saturated carbocycles. The summed E-state index contributed by atoms with van der Waals surface area (Å²) >= 11 is 0. The highest BCUT2D eigenvalue weighted by molar-refractivity contribution is 5.99. The van der Waals surface area contributed by atoms with Gasteiger partial charge in [0.25, 0.3) is 0 Å². The van der Waals surface area contributed by atoms with Gasteiger partial charge in [-0.05, 0) is 17.7 Å². The Kier molecular flexibility index (Phi) is 3.72. The summed E-state index contributed by atoms with van der Waals surface area (Å²) in [5.41, 5.74) is 8.15. The second kappa shape index (κ2) is 5.68. The summed E-state index contributed by atoms with van der Waals surface area (Å²) in [5, 5.41) is 5.59. The van der Waals surface area contributed by atoms with Gasteiger partial charge in [-0.2, -0.15) is 0 Å². The van der Waals surface area contributed by atoms with E-state index < -0.39 is 0 Å². The Labute approximate surface area is 131 Å². The number of hydrogen-bond donors (Lipinski definition) is 2. The largest absolute Gasteiger partial charge is 0.398 e. The molecule has 3 heteroatoms. The predicted molar refractivity (Wildman–Crippen MR) is 94.1 cm³/mol. The fourth-order valence-electron chi connectivity index (χ4n) is 2.67. The van der Waals surface area contributed by atoms with Crippen molar-refractivity contribution in [2.75, 3.05) is 17.6 Å². The normalized spacial score (nSPS) is 11.5. The minimum Gasteiger partial charge on any atom is -0.398 e. The second-order valence-electron chi connectivity index (χ2n) is 6.21. The average molecular weight is 291 g/mol. The van der Waals surface area contributed by atoms with Crippen LogP contribution in [0.4, 0.5) is 11.5 Å². The molecule has 0 amide bonds. The number of nitrogen functional groups attached to an aromatic ring is 1. The molecule has 0 fully saturated rings. The number of nitrogens with zero attached hydrogens (tertiary/aromatic N) is 1. The first kappa shape index (κ1) is 14.4. The quantitative estimate of drug-likeness (QED) is 0.708. The summed E-state index contributed by atoms with van der Waals surface area (Å²) in [7, 11) is 0. The maximum absolute atomic E-state index is 6.04. The third kappa shape index (κ3) is 2.75. The van der Waals surface area contributed by atoms with Crippen LogP contribution >= 0.6 is 0 Å². The van der Waals surface area contributed by atoms with Crippen LogP contribution in [0.25, 0.3) is 10.8 Å². The van der Waals surface area contributed by atoms with Crippen molar-refractivity contribution in [1.82, 2.24) is 4.98 Å². The van der Waals surface area contributed by atoms with E-state index in [0.717, 1.165) is 28.8 Å². The van der Waals surface area contributed by atoms with E-state index in [4.69, 9.17) is 5.73 Å². The molecular formula is C19H21N3. The number of nitrogens with one attached hydrogen (secondary N) is 1. The van der Waals surface area contributed by atoms with Gasteiger partial charge < -0.3 is 11.1 Å². The van der Waals surface area contributed by atoms with Crippen molar-refractivity contribution in [1.29, 1.82) is 0 Å². The smallest absolute Gasteiger partial charge is 0.133 e. The number of anilines is 2. The zero-order valence-electron chi connectivity index (χ0n) is 13.0. The standard InChI is InChI=1S/C19H21N3/c1-19(2,14-7-4-3-5-8-14)13-22-18-16-9-6-10-17(20)15(16)11-12-21-18/h3-12H,13,20H2,1-2H3,(H,21,22). The first-order valence-electron chi connectivity index (χ1n) is 7.50. The van der Waals surface area contributed by atoms with E-state index in [1.54, 1.807) is 6.20 Å². The number of hydrogen-bond acceptors (Lipinski definition) is 3. The van der Waals surface area contributed by atoms with Gasteiger partial charge in [-0.1, -0.05) is 56.3 Å². The number of rotatable bonds is 4. The molecule has 0 saturated heterocycles. The molecule has 1 aromatic heterocycles. The van der Waals surface area contributed by atoms with Gasteiger partial charge in [0, 0.05) is 34.6 Å². The highest BCUT2D eigenvalue weighted by atomic mass is 15.0. The van der Waals surface area contributed by atoms with Gasteiger partial charge in [-0.3, -0.25) is 0 Å². The fraction of sp³-hybridized carbons (Fsp3) is 0.211. The molecule has 0 unspecified atom stereocenters. The van der Waals surface area contributed by atoms with Crippen LogP contribution in [0.3, 0.4) is 0 Å². The van der Waals surface area contributed by atoms with Gasteiger partial charge in [0.05, 0.1) is 0 Å². The number of aromatic nitrogens is 1. The third-order valence-corrected chi connectivity index (χ3v) is 4.09.